The molecule has 0 atom stereocenters. The molecule has 3 nitrogen and oxygen atoms in total. The molecule has 0 amide bonds. The molecule has 1 aromatic heterocycles. The van der Waals surface area contributed by atoms with Crippen LogP contribution >= 0.6 is 11.6 Å². The van der Waals surface area contributed by atoms with E-state index >= 15 is 0 Å². The largest absolute Gasteiger partial charge is 0.382 e. The molecule has 0 saturated heterocycles. The number of pyridine rings is 1. The highest BCUT2D eigenvalue weighted by molar-refractivity contribution is 6.29. The van der Waals surface area contributed by atoms with Crippen LogP contribution in [0.2, 0.25) is 5.15 Å². The minimum absolute atomic E-state index is 0.566. The molecular weight excluding hydrogens is 186 g/mol. The maximum atomic E-state index is 5.82. The van der Waals surface area contributed by atoms with Crippen molar-refractivity contribution in [3.8, 4) is 0 Å². The Bertz CT molecular complexity index is 314. The first-order valence-electron chi connectivity index (χ1n) is 4.33. The molecule has 0 radical (unpaired) electrons. The lowest BCUT2D eigenvalue weighted by Gasteiger charge is -2.11. The first-order chi connectivity index (χ1) is 6.25. The Morgan fingerprint density at radius 3 is 3.23 bits per heavy atom. The van der Waals surface area contributed by atoms with Crippen LogP contribution in [0.5, 0.6) is 0 Å². The quantitative estimate of drug-likeness (QED) is 0.641. The molecule has 0 aromatic carbocycles. The van der Waals surface area contributed by atoms with E-state index < -0.39 is 0 Å². The van der Waals surface area contributed by atoms with Gasteiger partial charge in [-0.15, -0.1) is 0 Å². The van der Waals surface area contributed by atoms with Crippen molar-refractivity contribution >= 4 is 17.3 Å². The lowest BCUT2D eigenvalue weighted by Crippen LogP contribution is -2.21. The fraction of sp³-hybridized carbons (Fsp3) is 0.444. The lowest BCUT2D eigenvalue weighted by molar-refractivity contribution is 0.342. The van der Waals surface area contributed by atoms with Gasteiger partial charge in [-0.05, 0) is 19.2 Å². The van der Waals surface area contributed by atoms with E-state index in [-0.39, 0.29) is 0 Å². The predicted octanol–water partition coefficient (Wildman–Crippen LogP) is 1.59. The van der Waals surface area contributed by atoms with Crippen LogP contribution in [0.4, 0.5) is 5.69 Å². The molecule has 0 fully saturated rings. The standard InChI is InChI=1S/C9H12ClN3/c1-13-5-4-11-7-2-3-9(10)12-8(7)6-13/h2-3,11H,4-6H2,1H3. The van der Waals surface area contributed by atoms with Gasteiger partial charge in [0, 0.05) is 19.6 Å². The number of fused-ring (bicyclic) bond motifs is 1. The number of aromatic nitrogens is 1. The van der Waals surface area contributed by atoms with E-state index in [1.807, 2.05) is 12.1 Å². The smallest absolute Gasteiger partial charge is 0.129 e. The van der Waals surface area contributed by atoms with E-state index in [4.69, 9.17) is 11.6 Å². The molecule has 13 heavy (non-hydrogen) atoms. The maximum Gasteiger partial charge on any atom is 0.129 e. The maximum absolute atomic E-state index is 5.82. The lowest BCUT2D eigenvalue weighted by atomic mass is 10.3. The zero-order valence-electron chi connectivity index (χ0n) is 7.55. The second-order valence-electron chi connectivity index (χ2n) is 3.29. The molecule has 4 heteroatoms. The molecule has 2 heterocycles. The van der Waals surface area contributed by atoms with Crippen LogP contribution in [0, 0.1) is 0 Å². The van der Waals surface area contributed by atoms with Gasteiger partial charge in [0.2, 0.25) is 0 Å². The molecule has 1 aromatic rings. The van der Waals surface area contributed by atoms with E-state index in [1.54, 1.807) is 0 Å². The third-order valence-corrected chi connectivity index (χ3v) is 2.38. The van der Waals surface area contributed by atoms with Crippen molar-refractivity contribution in [1.82, 2.24) is 9.88 Å². The van der Waals surface area contributed by atoms with Crippen molar-refractivity contribution < 1.29 is 0 Å². The van der Waals surface area contributed by atoms with Crippen LogP contribution < -0.4 is 5.32 Å². The normalized spacial score (nSPS) is 17.4. The number of nitrogens with zero attached hydrogens (tertiary/aromatic N) is 2. The molecule has 0 saturated carbocycles. The first kappa shape index (κ1) is 8.78. The summed E-state index contributed by atoms with van der Waals surface area (Å²) in [6.07, 6.45) is 0. The number of halogens is 1. The predicted molar refractivity (Wildman–Crippen MR) is 54.1 cm³/mol. The highest BCUT2D eigenvalue weighted by Gasteiger charge is 2.11. The summed E-state index contributed by atoms with van der Waals surface area (Å²) in [5.41, 5.74) is 2.14. The van der Waals surface area contributed by atoms with E-state index in [0.717, 1.165) is 31.0 Å². The van der Waals surface area contributed by atoms with Crippen molar-refractivity contribution in [2.24, 2.45) is 0 Å². The topological polar surface area (TPSA) is 28.2 Å². The Morgan fingerprint density at radius 2 is 2.38 bits per heavy atom. The Morgan fingerprint density at radius 1 is 1.54 bits per heavy atom. The van der Waals surface area contributed by atoms with Crippen LogP contribution in [-0.4, -0.2) is 30.0 Å². The van der Waals surface area contributed by atoms with Gasteiger partial charge in [-0.3, -0.25) is 4.90 Å². The molecule has 70 valence electrons. The van der Waals surface area contributed by atoms with Gasteiger partial charge in [0.25, 0.3) is 0 Å². The van der Waals surface area contributed by atoms with Gasteiger partial charge in [-0.1, -0.05) is 11.6 Å². The highest BCUT2D eigenvalue weighted by Crippen LogP contribution is 2.19. The minimum Gasteiger partial charge on any atom is -0.382 e. The number of likely N-dealkylation sites (N-methyl/N-ethyl adjacent to an activating group) is 1. The third kappa shape index (κ3) is 1.92. The van der Waals surface area contributed by atoms with Crippen LogP contribution in [-0.2, 0) is 6.54 Å². The van der Waals surface area contributed by atoms with Crippen LogP contribution in [0.3, 0.4) is 0 Å². The molecule has 0 aliphatic carbocycles. The van der Waals surface area contributed by atoms with Gasteiger partial charge in [0.05, 0.1) is 11.4 Å². The van der Waals surface area contributed by atoms with E-state index in [2.05, 4.69) is 22.2 Å². The van der Waals surface area contributed by atoms with Crippen LogP contribution in [0.15, 0.2) is 12.1 Å². The Labute approximate surface area is 82.7 Å². The van der Waals surface area contributed by atoms with Gasteiger partial charge in [-0.2, -0.15) is 0 Å². The fourth-order valence-electron chi connectivity index (χ4n) is 1.47. The molecule has 1 N–H and O–H groups in total. The number of hydrogen-bond donors (Lipinski definition) is 1. The minimum atomic E-state index is 0.566. The zero-order chi connectivity index (χ0) is 9.26. The van der Waals surface area contributed by atoms with Gasteiger partial charge < -0.3 is 5.32 Å². The Balaban J connectivity index is 2.35. The van der Waals surface area contributed by atoms with Crippen molar-refractivity contribution in [2.75, 3.05) is 25.5 Å². The summed E-state index contributed by atoms with van der Waals surface area (Å²) in [7, 11) is 2.08. The van der Waals surface area contributed by atoms with Crippen molar-refractivity contribution in [2.45, 2.75) is 6.54 Å². The monoisotopic (exact) mass is 197 g/mol. The van der Waals surface area contributed by atoms with Crippen molar-refractivity contribution in [3.63, 3.8) is 0 Å². The molecular formula is C9H12ClN3. The zero-order valence-corrected chi connectivity index (χ0v) is 8.30. The van der Waals surface area contributed by atoms with Gasteiger partial charge >= 0.3 is 0 Å². The number of anilines is 1. The van der Waals surface area contributed by atoms with Gasteiger partial charge in [-0.25, -0.2) is 4.98 Å². The summed E-state index contributed by atoms with van der Waals surface area (Å²) in [5.74, 6) is 0. The highest BCUT2D eigenvalue weighted by atomic mass is 35.5. The molecule has 1 aliphatic rings. The summed E-state index contributed by atoms with van der Waals surface area (Å²) < 4.78 is 0. The third-order valence-electron chi connectivity index (χ3n) is 2.17. The molecule has 0 unspecified atom stereocenters. The second-order valence-corrected chi connectivity index (χ2v) is 3.68. The van der Waals surface area contributed by atoms with E-state index in [9.17, 15) is 0 Å². The summed E-state index contributed by atoms with van der Waals surface area (Å²) in [6.45, 7) is 2.86. The summed E-state index contributed by atoms with van der Waals surface area (Å²) >= 11 is 5.82. The van der Waals surface area contributed by atoms with Crippen LogP contribution in [0.25, 0.3) is 0 Å². The molecule has 0 spiro atoms. The van der Waals surface area contributed by atoms with E-state index in [0.29, 0.717) is 5.15 Å². The molecule has 2 rings (SSSR count). The average Bonchev–Trinajstić information content (AvgIpc) is 2.25. The van der Waals surface area contributed by atoms with E-state index in [1.165, 1.54) is 0 Å². The van der Waals surface area contributed by atoms with Crippen molar-refractivity contribution in [3.05, 3.63) is 23.0 Å². The summed E-state index contributed by atoms with van der Waals surface area (Å²) in [6, 6.07) is 3.81. The number of hydrogen-bond acceptors (Lipinski definition) is 3. The van der Waals surface area contributed by atoms with Crippen molar-refractivity contribution in [1.29, 1.82) is 0 Å². The van der Waals surface area contributed by atoms with Crippen LogP contribution in [0.1, 0.15) is 5.69 Å². The Kier molecular flexibility index (Phi) is 2.38. The Hall–Kier alpha value is -0.800. The number of rotatable bonds is 0. The van der Waals surface area contributed by atoms with Gasteiger partial charge in [0.1, 0.15) is 5.15 Å². The fourth-order valence-corrected chi connectivity index (χ4v) is 1.64. The van der Waals surface area contributed by atoms with Gasteiger partial charge in [0.15, 0.2) is 0 Å². The molecule has 0 bridgehead atoms. The molecule has 1 aliphatic heterocycles. The average molecular weight is 198 g/mol. The SMILES string of the molecule is CN1CCNc2ccc(Cl)nc2C1. The summed E-state index contributed by atoms with van der Waals surface area (Å²) in [5, 5.41) is 3.89. The second kappa shape index (κ2) is 3.52. The summed E-state index contributed by atoms with van der Waals surface area (Å²) in [4.78, 5) is 6.51. The first-order valence-corrected chi connectivity index (χ1v) is 4.71. The number of nitrogens with one attached hydrogen (secondary N) is 1.